The van der Waals surface area contributed by atoms with E-state index in [1.54, 1.807) is 7.05 Å². The predicted molar refractivity (Wildman–Crippen MR) is 72.7 cm³/mol. The molecular weight excluding hydrogens is 197 g/mol. The summed E-state index contributed by atoms with van der Waals surface area (Å²) in [7, 11) is 1.64. The SMILES string of the molecule is C.CCC.CNC(=O)Cc1ccccc1.[B]. The van der Waals surface area contributed by atoms with Gasteiger partial charge in [0.1, 0.15) is 0 Å². The number of likely N-dealkylation sites (N-methyl/N-ethyl adjacent to an activating group) is 1. The van der Waals surface area contributed by atoms with E-state index in [0.29, 0.717) is 6.42 Å². The first kappa shape index (κ1) is 20.2. The summed E-state index contributed by atoms with van der Waals surface area (Å²) in [4.78, 5) is 10.9. The number of hydrogen-bond donors (Lipinski definition) is 1. The highest BCUT2D eigenvalue weighted by molar-refractivity contribution is 5.78. The molecule has 0 spiro atoms. The van der Waals surface area contributed by atoms with Crippen molar-refractivity contribution in [2.24, 2.45) is 0 Å². The van der Waals surface area contributed by atoms with Crippen LogP contribution in [0, 0.1) is 0 Å². The van der Waals surface area contributed by atoms with E-state index in [-0.39, 0.29) is 21.7 Å². The maximum Gasteiger partial charge on any atom is 0.224 e. The fourth-order valence-corrected chi connectivity index (χ4v) is 0.870. The smallest absolute Gasteiger partial charge is 0.224 e. The van der Waals surface area contributed by atoms with Crippen LogP contribution in [0.15, 0.2) is 30.3 Å². The standard InChI is InChI=1S/C9H11NO.C3H8.CH4.B/c1-10-9(11)7-8-5-3-2-4-6-8;1-3-2;;/h2-6H,7H2,1H3,(H,10,11);3H2,1-2H3;1H4;. The molecule has 0 aliphatic rings. The quantitative estimate of drug-likeness (QED) is 0.762. The molecule has 0 aliphatic heterocycles. The van der Waals surface area contributed by atoms with Crippen molar-refractivity contribution >= 4 is 14.3 Å². The van der Waals surface area contributed by atoms with Gasteiger partial charge in [-0.05, 0) is 5.56 Å². The molecule has 0 fully saturated rings. The van der Waals surface area contributed by atoms with E-state index in [1.807, 2.05) is 30.3 Å². The molecule has 3 heteroatoms. The number of nitrogens with one attached hydrogen (secondary N) is 1. The van der Waals surface area contributed by atoms with Crippen LogP contribution >= 0.6 is 0 Å². The summed E-state index contributed by atoms with van der Waals surface area (Å²) in [6.07, 6.45) is 1.72. The highest BCUT2D eigenvalue weighted by Crippen LogP contribution is 1.98. The molecule has 16 heavy (non-hydrogen) atoms. The maximum atomic E-state index is 10.9. The van der Waals surface area contributed by atoms with Crippen molar-refractivity contribution in [1.82, 2.24) is 5.32 Å². The molecule has 1 aromatic carbocycles. The van der Waals surface area contributed by atoms with Crippen LogP contribution < -0.4 is 5.32 Å². The second-order valence-corrected chi connectivity index (χ2v) is 3.04. The Labute approximate surface area is 102 Å². The van der Waals surface area contributed by atoms with Gasteiger partial charge < -0.3 is 5.32 Å². The van der Waals surface area contributed by atoms with Gasteiger partial charge in [0.05, 0.1) is 6.42 Å². The van der Waals surface area contributed by atoms with Gasteiger partial charge in [0.2, 0.25) is 5.91 Å². The Bertz CT molecular complexity index is 249. The van der Waals surface area contributed by atoms with Crippen LogP contribution in [-0.4, -0.2) is 21.4 Å². The minimum Gasteiger partial charge on any atom is -0.359 e. The zero-order valence-corrected chi connectivity index (χ0v) is 9.79. The molecule has 0 unspecified atom stereocenters. The van der Waals surface area contributed by atoms with Crippen molar-refractivity contribution in [1.29, 1.82) is 0 Å². The fourth-order valence-electron chi connectivity index (χ4n) is 0.870. The largest absolute Gasteiger partial charge is 0.359 e. The monoisotopic (exact) mass is 220 g/mol. The molecule has 0 heterocycles. The molecule has 89 valence electrons. The molecule has 0 saturated heterocycles. The molecule has 0 bridgehead atoms. The molecule has 0 saturated carbocycles. The second kappa shape index (κ2) is 13.8. The number of rotatable bonds is 2. The van der Waals surface area contributed by atoms with Crippen LogP contribution in [0.25, 0.3) is 0 Å². The first-order valence-electron chi connectivity index (χ1n) is 4.99. The Morgan fingerprint density at radius 1 is 1.19 bits per heavy atom. The van der Waals surface area contributed by atoms with E-state index in [4.69, 9.17) is 0 Å². The van der Waals surface area contributed by atoms with Crippen molar-refractivity contribution in [3.05, 3.63) is 35.9 Å². The molecule has 1 aromatic rings. The summed E-state index contributed by atoms with van der Waals surface area (Å²) < 4.78 is 0. The number of carbonyl (C=O) groups excluding carboxylic acids is 1. The van der Waals surface area contributed by atoms with Crippen LogP contribution in [0.2, 0.25) is 0 Å². The van der Waals surface area contributed by atoms with E-state index in [2.05, 4.69) is 19.2 Å². The average molecular weight is 220 g/mol. The molecule has 1 N–H and O–H groups in total. The van der Waals surface area contributed by atoms with Crippen LogP contribution in [0.4, 0.5) is 0 Å². The van der Waals surface area contributed by atoms with Crippen LogP contribution in [0.5, 0.6) is 0 Å². The van der Waals surface area contributed by atoms with Gasteiger partial charge in [-0.2, -0.15) is 0 Å². The molecule has 2 nitrogen and oxygen atoms in total. The van der Waals surface area contributed by atoms with Gasteiger partial charge in [0.15, 0.2) is 0 Å². The minimum absolute atomic E-state index is 0. The first-order valence-corrected chi connectivity index (χ1v) is 4.99. The van der Waals surface area contributed by atoms with Crippen LogP contribution in [0.3, 0.4) is 0 Å². The Hall–Kier alpha value is -1.25. The molecule has 1 amide bonds. The third-order valence-electron chi connectivity index (χ3n) is 1.49. The van der Waals surface area contributed by atoms with E-state index in [1.165, 1.54) is 6.42 Å². The van der Waals surface area contributed by atoms with Gasteiger partial charge in [-0.3, -0.25) is 4.79 Å². The highest BCUT2D eigenvalue weighted by Gasteiger charge is 1.97. The molecule has 0 aromatic heterocycles. The summed E-state index contributed by atoms with van der Waals surface area (Å²) in [5, 5.41) is 2.57. The van der Waals surface area contributed by atoms with Gasteiger partial charge >= 0.3 is 0 Å². The molecule has 0 atom stereocenters. The summed E-state index contributed by atoms with van der Waals surface area (Å²) in [5.41, 5.74) is 1.05. The lowest BCUT2D eigenvalue weighted by atomic mass is 10.1. The minimum atomic E-state index is 0. The Morgan fingerprint density at radius 2 is 1.62 bits per heavy atom. The summed E-state index contributed by atoms with van der Waals surface area (Å²) in [6.45, 7) is 4.25. The van der Waals surface area contributed by atoms with E-state index in [0.717, 1.165) is 5.56 Å². The summed E-state index contributed by atoms with van der Waals surface area (Å²) >= 11 is 0. The Kier molecular flexibility index (Phi) is 17.4. The van der Waals surface area contributed by atoms with Crippen LogP contribution in [0.1, 0.15) is 33.3 Å². The first-order chi connectivity index (χ1) is 6.74. The van der Waals surface area contributed by atoms with Crippen molar-refractivity contribution in [3.63, 3.8) is 0 Å². The lowest BCUT2D eigenvalue weighted by molar-refractivity contribution is -0.119. The lowest BCUT2D eigenvalue weighted by Crippen LogP contribution is -2.19. The number of carbonyl (C=O) groups is 1. The van der Waals surface area contributed by atoms with Crippen molar-refractivity contribution in [2.45, 2.75) is 34.1 Å². The second-order valence-electron chi connectivity index (χ2n) is 3.04. The molecule has 0 aliphatic carbocycles. The predicted octanol–water partition coefficient (Wildman–Crippen LogP) is 2.65. The summed E-state index contributed by atoms with van der Waals surface area (Å²) in [5.74, 6) is 0.0520. The third-order valence-corrected chi connectivity index (χ3v) is 1.49. The normalized spacial score (nSPS) is 7.44. The molecular formula is C13H23BNO. The average Bonchev–Trinajstić information content (AvgIpc) is 2.20. The zero-order chi connectivity index (χ0) is 10.8. The van der Waals surface area contributed by atoms with E-state index in [9.17, 15) is 4.79 Å². The van der Waals surface area contributed by atoms with Gasteiger partial charge in [-0.15, -0.1) is 0 Å². The number of amides is 1. The van der Waals surface area contributed by atoms with Crippen LogP contribution in [-0.2, 0) is 11.2 Å². The Morgan fingerprint density at radius 3 is 2.00 bits per heavy atom. The van der Waals surface area contributed by atoms with Gasteiger partial charge in [0.25, 0.3) is 0 Å². The van der Waals surface area contributed by atoms with Crippen molar-refractivity contribution in [3.8, 4) is 0 Å². The van der Waals surface area contributed by atoms with Crippen molar-refractivity contribution < 1.29 is 4.79 Å². The Balaban J connectivity index is -0.000000306. The number of benzene rings is 1. The fraction of sp³-hybridized carbons (Fsp3) is 0.462. The van der Waals surface area contributed by atoms with Crippen molar-refractivity contribution in [2.75, 3.05) is 7.05 Å². The molecule has 3 radical (unpaired) electrons. The highest BCUT2D eigenvalue weighted by atomic mass is 16.1. The number of hydrogen-bond acceptors (Lipinski definition) is 1. The van der Waals surface area contributed by atoms with E-state index < -0.39 is 0 Å². The third kappa shape index (κ3) is 10.8. The van der Waals surface area contributed by atoms with Gasteiger partial charge in [-0.25, -0.2) is 0 Å². The van der Waals surface area contributed by atoms with Gasteiger partial charge in [0, 0.05) is 15.5 Å². The zero-order valence-electron chi connectivity index (χ0n) is 9.79. The lowest BCUT2D eigenvalue weighted by Gasteiger charge is -1.98. The topological polar surface area (TPSA) is 29.1 Å². The van der Waals surface area contributed by atoms with E-state index >= 15 is 0 Å². The summed E-state index contributed by atoms with van der Waals surface area (Å²) in [6, 6.07) is 9.67. The molecule has 1 rings (SSSR count). The maximum absolute atomic E-state index is 10.9. The van der Waals surface area contributed by atoms with Gasteiger partial charge in [-0.1, -0.05) is 58.0 Å².